The van der Waals surface area contributed by atoms with Gasteiger partial charge in [0.15, 0.2) is 5.96 Å². The van der Waals surface area contributed by atoms with Crippen LogP contribution in [0, 0.1) is 5.82 Å². The lowest BCUT2D eigenvalue weighted by Gasteiger charge is -2.10. The van der Waals surface area contributed by atoms with Crippen LogP contribution < -0.4 is 15.8 Å². The Kier molecular flexibility index (Phi) is 8.23. The Morgan fingerprint density at radius 3 is 2.58 bits per heavy atom. The van der Waals surface area contributed by atoms with Crippen molar-refractivity contribution >= 4 is 47.2 Å². The van der Waals surface area contributed by atoms with Crippen molar-refractivity contribution < 1.29 is 14.2 Å². The largest absolute Gasteiger partial charge is 0.497 e. The van der Waals surface area contributed by atoms with Crippen molar-refractivity contribution in [1.29, 1.82) is 0 Å². The number of halogens is 3. The van der Waals surface area contributed by atoms with Crippen LogP contribution in [0.3, 0.4) is 0 Å². The van der Waals surface area contributed by atoms with Crippen molar-refractivity contribution in [3.8, 4) is 5.75 Å². The van der Waals surface area contributed by atoms with E-state index in [4.69, 9.17) is 22.1 Å². The van der Waals surface area contributed by atoms with E-state index in [1.54, 1.807) is 37.4 Å². The van der Waals surface area contributed by atoms with Gasteiger partial charge in [-0.2, -0.15) is 0 Å². The number of nitrogens with zero attached hydrogens (tertiary/aromatic N) is 1. The Labute approximate surface area is 161 Å². The molecule has 0 fully saturated rings. The van der Waals surface area contributed by atoms with E-state index in [0.29, 0.717) is 5.56 Å². The molecule has 0 spiro atoms. The van der Waals surface area contributed by atoms with Gasteiger partial charge in [-0.05, 0) is 42.0 Å². The highest BCUT2D eigenvalue weighted by Gasteiger charge is 2.10. The van der Waals surface area contributed by atoms with Crippen LogP contribution in [0.25, 0.3) is 0 Å². The van der Waals surface area contributed by atoms with E-state index < -0.39 is 11.9 Å². The van der Waals surface area contributed by atoms with Crippen LogP contribution in [0.1, 0.15) is 11.7 Å². The van der Waals surface area contributed by atoms with Crippen LogP contribution in [0.2, 0.25) is 5.02 Å². The molecule has 0 heterocycles. The van der Waals surface area contributed by atoms with E-state index in [1.807, 2.05) is 0 Å². The molecule has 2 aromatic carbocycles. The molecule has 0 aromatic heterocycles. The molecule has 8 heteroatoms. The van der Waals surface area contributed by atoms with Gasteiger partial charge in [0.05, 0.1) is 24.8 Å². The second-order valence-corrected chi connectivity index (χ2v) is 5.18. The number of aliphatic imine (C=N–C) groups is 1. The molecule has 4 N–H and O–H groups in total. The summed E-state index contributed by atoms with van der Waals surface area (Å²) in [6.45, 7) is -0.00391. The number of nitrogens with two attached hydrogens (primary N) is 1. The summed E-state index contributed by atoms with van der Waals surface area (Å²) in [6.07, 6.45) is -0.974. The number of ether oxygens (including phenoxy) is 1. The summed E-state index contributed by atoms with van der Waals surface area (Å²) in [5.74, 6) is 0.284. The Bertz CT molecular complexity index is 698. The lowest BCUT2D eigenvalue weighted by molar-refractivity contribution is 0.187. The first-order chi connectivity index (χ1) is 11.0. The van der Waals surface area contributed by atoms with Gasteiger partial charge >= 0.3 is 0 Å². The maximum Gasteiger partial charge on any atom is 0.193 e. The number of hydrogen-bond acceptors (Lipinski definition) is 3. The molecule has 1 unspecified atom stereocenters. The number of aliphatic hydroxyl groups excluding tert-OH is 1. The third kappa shape index (κ3) is 5.81. The first-order valence-electron chi connectivity index (χ1n) is 6.83. The normalized spacial score (nSPS) is 12.2. The van der Waals surface area contributed by atoms with Gasteiger partial charge in [0.1, 0.15) is 11.6 Å². The first-order valence-corrected chi connectivity index (χ1v) is 7.21. The molecule has 5 nitrogen and oxygen atoms in total. The molecule has 1 atom stereocenters. The topological polar surface area (TPSA) is 79.9 Å². The predicted molar refractivity (Wildman–Crippen MR) is 105 cm³/mol. The number of methoxy groups -OCH3 is 1. The third-order valence-electron chi connectivity index (χ3n) is 3.13. The zero-order chi connectivity index (χ0) is 16.8. The lowest BCUT2D eigenvalue weighted by atomic mass is 10.1. The number of rotatable bonds is 5. The Balaban J connectivity index is 0.00000288. The molecule has 0 bridgehead atoms. The highest BCUT2D eigenvalue weighted by Crippen LogP contribution is 2.20. The second-order valence-electron chi connectivity index (χ2n) is 4.77. The quantitative estimate of drug-likeness (QED) is 0.358. The number of benzene rings is 2. The average Bonchev–Trinajstić information content (AvgIpc) is 2.56. The highest BCUT2D eigenvalue weighted by atomic mass is 127. The fourth-order valence-corrected chi connectivity index (χ4v) is 1.99. The number of guanidine groups is 1. The maximum atomic E-state index is 13.4. The van der Waals surface area contributed by atoms with Crippen LogP contribution >= 0.6 is 35.6 Å². The van der Waals surface area contributed by atoms with Gasteiger partial charge < -0.3 is 20.9 Å². The van der Waals surface area contributed by atoms with Gasteiger partial charge in [-0.15, -0.1) is 24.0 Å². The summed E-state index contributed by atoms with van der Waals surface area (Å²) in [5.41, 5.74) is 6.88. The fraction of sp³-hybridized carbons (Fsp3) is 0.188. The second kappa shape index (κ2) is 9.65. The van der Waals surface area contributed by atoms with Gasteiger partial charge in [-0.3, -0.25) is 4.99 Å². The van der Waals surface area contributed by atoms with E-state index >= 15 is 0 Å². The van der Waals surface area contributed by atoms with Gasteiger partial charge in [-0.1, -0.05) is 17.7 Å². The molecule has 0 aliphatic carbocycles. The predicted octanol–water partition coefficient (Wildman–Crippen LogP) is 3.57. The van der Waals surface area contributed by atoms with E-state index in [0.717, 1.165) is 11.4 Å². The average molecular weight is 466 g/mol. The standard InChI is InChI=1S/C16H17ClFN3O2.HI/c1-23-12-5-3-11(4-6-12)21-16(19)20-9-15(22)10-2-7-13(17)14(18)8-10;/h2-8,15,22H,9H2,1H3,(H3,19,20,21);1H. The molecule has 0 aliphatic rings. The molecular formula is C16H18ClFIN3O2. The van der Waals surface area contributed by atoms with Crippen molar-refractivity contribution in [2.75, 3.05) is 19.0 Å². The van der Waals surface area contributed by atoms with E-state index in [2.05, 4.69) is 10.3 Å². The molecular weight excluding hydrogens is 448 g/mol. The summed E-state index contributed by atoms with van der Waals surface area (Å²) in [4.78, 5) is 4.04. The number of hydrogen-bond donors (Lipinski definition) is 3. The summed E-state index contributed by atoms with van der Waals surface area (Å²) < 4.78 is 18.4. The maximum absolute atomic E-state index is 13.4. The van der Waals surface area contributed by atoms with Gasteiger partial charge in [0, 0.05) is 5.69 Å². The van der Waals surface area contributed by atoms with Gasteiger partial charge in [0.25, 0.3) is 0 Å². The minimum Gasteiger partial charge on any atom is -0.497 e. The monoisotopic (exact) mass is 465 g/mol. The molecule has 130 valence electrons. The summed E-state index contributed by atoms with van der Waals surface area (Å²) >= 11 is 5.60. The molecule has 2 rings (SSSR count). The van der Waals surface area contributed by atoms with Crippen LogP contribution in [-0.4, -0.2) is 24.7 Å². The Hall–Kier alpha value is -1.58. The molecule has 24 heavy (non-hydrogen) atoms. The smallest absolute Gasteiger partial charge is 0.193 e. The Morgan fingerprint density at radius 1 is 1.33 bits per heavy atom. The number of aliphatic hydroxyl groups is 1. The first kappa shape index (κ1) is 20.5. The minimum atomic E-state index is -0.974. The number of anilines is 1. The zero-order valence-corrected chi connectivity index (χ0v) is 16.0. The van der Waals surface area contributed by atoms with Gasteiger partial charge in [0.2, 0.25) is 0 Å². The molecule has 0 amide bonds. The zero-order valence-electron chi connectivity index (χ0n) is 12.9. The minimum absolute atomic E-state index is 0. The lowest BCUT2D eigenvalue weighted by Crippen LogP contribution is -2.23. The Morgan fingerprint density at radius 2 is 2.00 bits per heavy atom. The molecule has 0 saturated heterocycles. The SMILES string of the molecule is COc1ccc(NC(N)=NCC(O)c2ccc(Cl)c(F)c2)cc1.I. The van der Waals surface area contributed by atoms with Crippen molar-refractivity contribution in [1.82, 2.24) is 0 Å². The van der Waals surface area contributed by atoms with E-state index in [9.17, 15) is 9.50 Å². The summed E-state index contributed by atoms with van der Waals surface area (Å²) in [7, 11) is 1.58. The van der Waals surface area contributed by atoms with Crippen LogP contribution in [0.5, 0.6) is 5.75 Å². The van der Waals surface area contributed by atoms with Crippen molar-refractivity contribution in [2.45, 2.75) is 6.10 Å². The third-order valence-corrected chi connectivity index (χ3v) is 3.43. The summed E-state index contributed by atoms with van der Waals surface area (Å²) in [6, 6.07) is 11.2. The van der Waals surface area contributed by atoms with Gasteiger partial charge in [-0.25, -0.2) is 4.39 Å². The van der Waals surface area contributed by atoms with Crippen LogP contribution in [0.4, 0.5) is 10.1 Å². The summed E-state index contributed by atoms with van der Waals surface area (Å²) in [5, 5.41) is 12.9. The van der Waals surface area contributed by atoms with Crippen LogP contribution in [0.15, 0.2) is 47.5 Å². The van der Waals surface area contributed by atoms with Crippen LogP contribution in [-0.2, 0) is 0 Å². The van der Waals surface area contributed by atoms with Crippen molar-refractivity contribution in [2.24, 2.45) is 10.7 Å². The highest BCUT2D eigenvalue weighted by molar-refractivity contribution is 14.0. The molecule has 0 radical (unpaired) electrons. The number of nitrogens with one attached hydrogen (secondary N) is 1. The molecule has 2 aromatic rings. The molecule has 0 aliphatic heterocycles. The fourth-order valence-electron chi connectivity index (χ4n) is 1.87. The van der Waals surface area contributed by atoms with E-state index in [-0.39, 0.29) is 41.5 Å². The van der Waals surface area contributed by atoms with Crippen molar-refractivity contribution in [3.05, 3.63) is 58.9 Å². The van der Waals surface area contributed by atoms with E-state index in [1.165, 1.54) is 12.1 Å². The van der Waals surface area contributed by atoms with Crippen molar-refractivity contribution in [3.63, 3.8) is 0 Å². The molecule has 0 saturated carbocycles.